The molecule has 0 spiro atoms. The highest BCUT2D eigenvalue weighted by atomic mass is 32.1. The molecule has 3 heterocycles. The predicted octanol–water partition coefficient (Wildman–Crippen LogP) is 3.65. The molecule has 0 aromatic carbocycles. The molecule has 1 amide bonds. The number of Topliss-reactive ketones (excluding diaryl/α,β-unsaturated/α-hetero) is 1. The number of hydrogen-bond acceptors (Lipinski definition) is 5. The van der Waals surface area contributed by atoms with Gasteiger partial charge in [0.15, 0.2) is 11.5 Å². The first-order valence-electron chi connectivity index (χ1n) is 8.18. The number of hydrogen-bond donors (Lipinski definition) is 1. The van der Waals surface area contributed by atoms with Crippen LogP contribution in [0.2, 0.25) is 0 Å². The number of aliphatic hydroxyl groups excluding tert-OH is 1. The summed E-state index contributed by atoms with van der Waals surface area (Å²) in [5, 5.41) is 12.3. The maximum Gasteiger partial charge on any atom is 0.290 e. The fourth-order valence-electron chi connectivity index (χ4n) is 3.01. The zero-order valence-electron chi connectivity index (χ0n) is 14.2. The Morgan fingerprint density at radius 1 is 1.36 bits per heavy atom. The number of aliphatic hydroxyl groups is 1. The summed E-state index contributed by atoms with van der Waals surface area (Å²) in [6.07, 6.45) is 3.65. The lowest BCUT2D eigenvalue weighted by Gasteiger charge is -2.25. The topological polar surface area (TPSA) is 70.5 Å². The number of thiophene rings is 1. The number of carbonyl (C=O) groups is 2. The summed E-state index contributed by atoms with van der Waals surface area (Å²) in [6.45, 7) is 4.18. The molecule has 0 bridgehead atoms. The van der Waals surface area contributed by atoms with Crippen molar-refractivity contribution in [2.45, 2.75) is 32.9 Å². The summed E-state index contributed by atoms with van der Waals surface area (Å²) in [5.41, 5.74) is 1.06. The third kappa shape index (κ3) is 3.49. The first kappa shape index (κ1) is 17.4. The van der Waals surface area contributed by atoms with E-state index < -0.39 is 17.7 Å². The van der Waals surface area contributed by atoms with E-state index in [1.165, 1.54) is 11.3 Å². The second-order valence-corrected chi connectivity index (χ2v) is 7.47. The standard InChI is InChI=1S/C19H20N2O3S/c1-12(2)9-14(22)16-17(15-6-4-8-25-15)21(19(24)18(16)23)11-13-5-3-7-20-10-13/h3-8,10,12,17,23H,9,11H2,1-2H3. The van der Waals surface area contributed by atoms with Crippen molar-refractivity contribution < 1.29 is 14.7 Å². The van der Waals surface area contributed by atoms with Gasteiger partial charge in [0.1, 0.15) is 0 Å². The Kier molecular flexibility index (Phi) is 4.99. The minimum atomic E-state index is -0.543. The number of carbonyl (C=O) groups excluding carboxylic acids is 2. The van der Waals surface area contributed by atoms with Crippen LogP contribution in [0.3, 0.4) is 0 Å². The molecule has 0 fully saturated rings. The molecule has 1 atom stereocenters. The largest absolute Gasteiger partial charge is 0.503 e. The molecule has 130 valence electrons. The number of rotatable bonds is 6. The van der Waals surface area contributed by atoms with Gasteiger partial charge in [0, 0.05) is 30.2 Å². The van der Waals surface area contributed by atoms with Crippen LogP contribution < -0.4 is 0 Å². The predicted molar refractivity (Wildman–Crippen MR) is 96.0 cm³/mol. The van der Waals surface area contributed by atoms with Crippen LogP contribution in [0.15, 0.2) is 53.4 Å². The van der Waals surface area contributed by atoms with Crippen LogP contribution in [-0.4, -0.2) is 26.7 Å². The quantitative estimate of drug-likeness (QED) is 0.857. The highest BCUT2D eigenvalue weighted by Crippen LogP contribution is 2.41. The first-order valence-corrected chi connectivity index (χ1v) is 9.06. The Morgan fingerprint density at radius 3 is 2.76 bits per heavy atom. The van der Waals surface area contributed by atoms with Gasteiger partial charge < -0.3 is 10.0 Å². The van der Waals surface area contributed by atoms with Crippen molar-refractivity contribution in [2.24, 2.45) is 5.92 Å². The van der Waals surface area contributed by atoms with E-state index in [2.05, 4.69) is 4.98 Å². The minimum Gasteiger partial charge on any atom is -0.503 e. The maximum absolute atomic E-state index is 12.7. The van der Waals surface area contributed by atoms with Gasteiger partial charge >= 0.3 is 0 Å². The van der Waals surface area contributed by atoms with E-state index in [0.717, 1.165) is 10.4 Å². The number of ketones is 1. The summed E-state index contributed by atoms with van der Waals surface area (Å²) >= 11 is 1.47. The fraction of sp³-hybridized carbons (Fsp3) is 0.316. The molecule has 5 nitrogen and oxygen atoms in total. The number of amides is 1. The van der Waals surface area contributed by atoms with Gasteiger partial charge in [0.2, 0.25) is 0 Å². The highest BCUT2D eigenvalue weighted by Gasteiger charge is 2.43. The van der Waals surface area contributed by atoms with E-state index >= 15 is 0 Å². The molecule has 0 saturated heterocycles. The molecule has 25 heavy (non-hydrogen) atoms. The van der Waals surface area contributed by atoms with Crippen molar-refractivity contribution in [1.82, 2.24) is 9.88 Å². The van der Waals surface area contributed by atoms with Gasteiger partial charge in [-0.2, -0.15) is 0 Å². The van der Waals surface area contributed by atoms with E-state index in [1.807, 2.05) is 37.4 Å². The van der Waals surface area contributed by atoms with Gasteiger partial charge in [-0.15, -0.1) is 11.3 Å². The van der Waals surface area contributed by atoms with Crippen molar-refractivity contribution in [3.8, 4) is 0 Å². The second kappa shape index (κ2) is 7.19. The van der Waals surface area contributed by atoms with Gasteiger partial charge in [-0.1, -0.05) is 26.0 Å². The lowest BCUT2D eigenvalue weighted by molar-refractivity contribution is -0.130. The average molecular weight is 356 g/mol. The molecule has 2 aromatic rings. The lowest BCUT2D eigenvalue weighted by atomic mass is 9.95. The molecule has 1 unspecified atom stereocenters. The molecule has 3 rings (SSSR count). The Morgan fingerprint density at radius 2 is 2.16 bits per heavy atom. The Hall–Kier alpha value is -2.47. The third-order valence-electron chi connectivity index (χ3n) is 4.09. The fourth-order valence-corrected chi connectivity index (χ4v) is 3.86. The molecule has 1 aliphatic rings. The van der Waals surface area contributed by atoms with Crippen molar-refractivity contribution in [3.05, 3.63) is 63.8 Å². The van der Waals surface area contributed by atoms with Gasteiger partial charge in [-0.3, -0.25) is 14.6 Å². The zero-order chi connectivity index (χ0) is 18.0. The molecular weight excluding hydrogens is 336 g/mol. The second-order valence-electron chi connectivity index (χ2n) is 6.50. The molecular formula is C19H20N2O3S. The molecule has 0 radical (unpaired) electrons. The molecule has 1 N–H and O–H groups in total. The Bertz CT molecular complexity index is 797. The average Bonchev–Trinajstić information content (AvgIpc) is 3.18. The normalized spacial score (nSPS) is 17.6. The van der Waals surface area contributed by atoms with Crippen molar-refractivity contribution in [3.63, 3.8) is 0 Å². The van der Waals surface area contributed by atoms with E-state index in [9.17, 15) is 14.7 Å². The van der Waals surface area contributed by atoms with Crippen molar-refractivity contribution >= 4 is 23.0 Å². The minimum absolute atomic E-state index is 0.152. The van der Waals surface area contributed by atoms with Gasteiger partial charge in [0.25, 0.3) is 5.91 Å². The molecule has 6 heteroatoms. The summed E-state index contributed by atoms with van der Waals surface area (Å²) in [5.74, 6) is -0.950. The van der Waals surface area contributed by atoms with E-state index in [1.54, 1.807) is 23.4 Å². The highest BCUT2D eigenvalue weighted by molar-refractivity contribution is 7.10. The summed E-state index contributed by atoms with van der Waals surface area (Å²) in [6, 6.07) is 6.90. The van der Waals surface area contributed by atoms with Crippen LogP contribution >= 0.6 is 11.3 Å². The van der Waals surface area contributed by atoms with Crippen LogP contribution in [0.5, 0.6) is 0 Å². The lowest BCUT2D eigenvalue weighted by Crippen LogP contribution is -2.30. The molecule has 1 aliphatic heterocycles. The molecule has 2 aromatic heterocycles. The van der Waals surface area contributed by atoms with E-state index in [4.69, 9.17) is 0 Å². The summed E-state index contributed by atoms with van der Waals surface area (Å²) in [7, 11) is 0. The van der Waals surface area contributed by atoms with Crippen LogP contribution in [-0.2, 0) is 16.1 Å². The number of pyridine rings is 1. The Balaban J connectivity index is 1.99. The van der Waals surface area contributed by atoms with E-state index in [-0.39, 0.29) is 23.8 Å². The van der Waals surface area contributed by atoms with E-state index in [0.29, 0.717) is 6.42 Å². The maximum atomic E-state index is 12.7. The zero-order valence-corrected chi connectivity index (χ0v) is 15.0. The SMILES string of the molecule is CC(C)CC(=O)C1=C(O)C(=O)N(Cc2cccnc2)C1c1cccs1. The summed E-state index contributed by atoms with van der Waals surface area (Å²) in [4.78, 5) is 31.9. The smallest absolute Gasteiger partial charge is 0.290 e. The Labute approximate surface area is 150 Å². The number of aromatic nitrogens is 1. The van der Waals surface area contributed by atoms with Crippen LogP contribution in [0.25, 0.3) is 0 Å². The van der Waals surface area contributed by atoms with Crippen molar-refractivity contribution in [2.75, 3.05) is 0 Å². The van der Waals surface area contributed by atoms with Crippen LogP contribution in [0, 0.1) is 5.92 Å². The molecule has 0 saturated carbocycles. The first-order chi connectivity index (χ1) is 12.0. The molecule has 0 aliphatic carbocycles. The summed E-state index contributed by atoms with van der Waals surface area (Å²) < 4.78 is 0. The van der Waals surface area contributed by atoms with Gasteiger partial charge in [-0.25, -0.2) is 0 Å². The third-order valence-corrected chi connectivity index (χ3v) is 5.01. The van der Waals surface area contributed by atoms with Gasteiger partial charge in [-0.05, 0) is 29.0 Å². The van der Waals surface area contributed by atoms with Crippen LogP contribution in [0.1, 0.15) is 36.8 Å². The van der Waals surface area contributed by atoms with Crippen molar-refractivity contribution in [1.29, 1.82) is 0 Å². The number of nitrogens with zero attached hydrogens (tertiary/aromatic N) is 2. The van der Waals surface area contributed by atoms with Gasteiger partial charge in [0.05, 0.1) is 11.6 Å². The van der Waals surface area contributed by atoms with Crippen LogP contribution in [0.4, 0.5) is 0 Å². The monoisotopic (exact) mass is 356 g/mol.